The summed E-state index contributed by atoms with van der Waals surface area (Å²) in [5, 5.41) is 0. The lowest BCUT2D eigenvalue weighted by Crippen LogP contribution is -2.57. The van der Waals surface area contributed by atoms with Gasteiger partial charge in [0.1, 0.15) is 12.3 Å². The molecule has 26 heavy (non-hydrogen) atoms. The summed E-state index contributed by atoms with van der Waals surface area (Å²) in [6, 6.07) is 14.9. The molecule has 1 aliphatic rings. The van der Waals surface area contributed by atoms with Gasteiger partial charge in [-0.2, -0.15) is 0 Å². The quantitative estimate of drug-likeness (QED) is 0.848. The van der Waals surface area contributed by atoms with Gasteiger partial charge in [0.2, 0.25) is 5.91 Å². The zero-order valence-corrected chi connectivity index (χ0v) is 15.4. The molecule has 0 bridgehead atoms. The number of ether oxygens (including phenoxy) is 1. The van der Waals surface area contributed by atoms with Crippen molar-refractivity contribution in [1.82, 2.24) is 4.90 Å². The van der Waals surface area contributed by atoms with Crippen LogP contribution in [0.1, 0.15) is 29.8 Å². The van der Waals surface area contributed by atoms with Gasteiger partial charge in [-0.15, -0.1) is 0 Å². The summed E-state index contributed by atoms with van der Waals surface area (Å²) in [4.78, 5) is 28.9. The van der Waals surface area contributed by atoms with E-state index < -0.39 is 0 Å². The maximum absolute atomic E-state index is 12.9. The van der Waals surface area contributed by atoms with Crippen LogP contribution in [0.15, 0.2) is 48.5 Å². The molecule has 2 aromatic carbocycles. The van der Waals surface area contributed by atoms with E-state index in [1.807, 2.05) is 51.1 Å². The molecule has 0 saturated carbocycles. The van der Waals surface area contributed by atoms with E-state index in [0.29, 0.717) is 24.5 Å². The molecule has 2 amide bonds. The molecule has 1 saturated heterocycles. The molecular weight excluding hydrogens is 328 g/mol. The van der Waals surface area contributed by atoms with Crippen molar-refractivity contribution in [2.24, 2.45) is 0 Å². The summed E-state index contributed by atoms with van der Waals surface area (Å²) in [6.45, 7) is 6.99. The lowest BCUT2D eigenvalue weighted by atomic mass is 10.1. The molecular formula is C21H24N2O3. The Morgan fingerprint density at radius 1 is 1.19 bits per heavy atom. The number of anilines is 1. The minimum absolute atomic E-state index is 0.0683. The Kier molecular flexibility index (Phi) is 5.26. The van der Waals surface area contributed by atoms with Crippen molar-refractivity contribution >= 4 is 17.5 Å². The lowest BCUT2D eigenvalue weighted by Gasteiger charge is -2.39. The molecule has 0 unspecified atom stereocenters. The topological polar surface area (TPSA) is 49.9 Å². The van der Waals surface area contributed by atoms with Crippen LogP contribution in [-0.2, 0) is 4.79 Å². The minimum Gasteiger partial charge on any atom is -0.494 e. The zero-order valence-electron chi connectivity index (χ0n) is 15.4. The number of piperazine rings is 1. The molecule has 1 fully saturated rings. The van der Waals surface area contributed by atoms with Crippen molar-refractivity contribution in [1.29, 1.82) is 0 Å². The molecule has 0 N–H and O–H groups in total. The van der Waals surface area contributed by atoms with Crippen LogP contribution in [0.25, 0.3) is 0 Å². The second-order valence-electron chi connectivity index (χ2n) is 6.58. The molecule has 5 heteroatoms. The van der Waals surface area contributed by atoms with E-state index in [2.05, 4.69) is 0 Å². The third kappa shape index (κ3) is 3.72. The molecule has 1 heterocycles. The standard InChI is InChI=1S/C21H24N2O3/c1-4-26-19-7-5-6-17(12-19)21(25)22-14-20(24)23(13-16(22)3)18-10-8-15(2)9-11-18/h5-12,16H,4,13-14H2,1-3H3/t16-/m1/s1. The number of carbonyl (C=O) groups excluding carboxylic acids is 2. The fourth-order valence-electron chi connectivity index (χ4n) is 3.15. The summed E-state index contributed by atoms with van der Waals surface area (Å²) < 4.78 is 5.47. The Morgan fingerprint density at radius 3 is 2.62 bits per heavy atom. The van der Waals surface area contributed by atoms with Gasteiger partial charge in [-0.25, -0.2) is 0 Å². The van der Waals surface area contributed by atoms with Gasteiger partial charge in [0.25, 0.3) is 5.91 Å². The summed E-state index contributed by atoms with van der Waals surface area (Å²) in [7, 11) is 0. The number of benzene rings is 2. The van der Waals surface area contributed by atoms with E-state index in [-0.39, 0.29) is 24.4 Å². The smallest absolute Gasteiger partial charge is 0.254 e. The molecule has 0 radical (unpaired) electrons. The highest BCUT2D eigenvalue weighted by Gasteiger charge is 2.33. The van der Waals surface area contributed by atoms with Crippen molar-refractivity contribution in [3.8, 4) is 5.75 Å². The van der Waals surface area contributed by atoms with Gasteiger partial charge in [-0.3, -0.25) is 9.59 Å². The zero-order chi connectivity index (χ0) is 18.7. The molecule has 0 spiro atoms. The fraction of sp³-hybridized carbons (Fsp3) is 0.333. The third-order valence-electron chi connectivity index (χ3n) is 4.58. The van der Waals surface area contributed by atoms with Crippen LogP contribution in [0.4, 0.5) is 5.69 Å². The SMILES string of the molecule is CCOc1cccc(C(=O)N2CC(=O)N(c3ccc(C)cc3)C[C@H]2C)c1. The Morgan fingerprint density at radius 2 is 1.92 bits per heavy atom. The van der Waals surface area contributed by atoms with Crippen LogP contribution < -0.4 is 9.64 Å². The first kappa shape index (κ1) is 18.0. The van der Waals surface area contributed by atoms with Gasteiger partial charge in [-0.05, 0) is 51.1 Å². The van der Waals surface area contributed by atoms with E-state index in [9.17, 15) is 9.59 Å². The summed E-state index contributed by atoms with van der Waals surface area (Å²) in [6.07, 6.45) is 0. The number of nitrogens with zero attached hydrogens (tertiary/aromatic N) is 2. The van der Waals surface area contributed by atoms with Crippen LogP contribution in [0.2, 0.25) is 0 Å². The highest BCUT2D eigenvalue weighted by Crippen LogP contribution is 2.23. The first-order valence-corrected chi connectivity index (χ1v) is 8.90. The van der Waals surface area contributed by atoms with E-state index >= 15 is 0 Å². The lowest BCUT2D eigenvalue weighted by molar-refractivity contribution is -0.121. The molecule has 0 aliphatic carbocycles. The Bertz CT molecular complexity index is 801. The molecule has 1 aliphatic heterocycles. The van der Waals surface area contributed by atoms with Crippen molar-refractivity contribution in [2.45, 2.75) is 26.8 Å². The molecule has 2 aromatic rings. The largest absolute Gasteiger partial charge is 0.494 e. The van der Waals surface area contributed by atoms with Gasteiger partial charge >= 0.3 is 0 Å². The van der Waals surface area contributed by atoms with Crippen molar-refractivity contribution in [2.75, 3.05) is 24.6 Å². The van der Waals surface area contributed by atoms with E-state index in [1.165, 1.54) is 0 Å². The highest BCUT2D eigenvalue weighted by molar-refractivity contribution is 6.02. The van der Waals surface area contributed by atoms with Crippen LogP contribution in [0, 0.1) is 6.92 Å². The van der Waals surface area contributed by atoms with Gasteiger partial charge in [0.15, 0.2) is 0 Å². The maximum Gasteiger partial charge on any atom is 0.254 e. The van der Waals surface area contributed by atoms with Gasteiger partial charge < -0.3 is 14.5 Å². The van der Waals surface area contributed by atoms with Crippen molar-refractivity contribution in [3.05, 3.63) is 59.7 Å². The summed E-state index contributed by atoms with van der Waals surface area (Å²) >= 11 is 0. The molecule has 1 atom stereocenters. The average molecular weight is 352 g/mol. The Labute approximate surface area is 154 Å². The van der Waals surface area contributed by atoms with Gasteiger partial charge in [0, 0.05) is 23.8 Å². The predicted octanol–water partition coefficient (Wildman–Crippen LogP) is 3.27. The number of hydrogen-bond donors (Lipinski definition) is 0. The number of hydrogen-bond acceptors (Lipinski definition) is 3. The first-order chi connectivity index (χ1) is 12.5. The Balaban J connectivity index is 1.76. The van der Waals surface area contributed by atoms with Gasteiger partial charge in [0.05, 0.1) is 6.61 Å². The van der Waals surface area contributed by atoms with Crippen molar-refractivity contribution in [3.63, 3.8) is 0 Å². The number of rotatable bonds is 4. The van der Waals surface area contributed by atoms with Crippen LogP contribution in [0.5, 0.6) is 5.75 Å². The number of aryl methyl sites for hydroxylation is 1. The third-order valence-corrected chi connectivity index (χ3v) is 4.58. The van der Waals surface area contributed by atoms with E-state index in [0.717, 1.165) is 11.3 Å². The number of amides is 2. The van der Waals surface area contributed by atoms with Crippen LogP contribution in [-0.4, -0.2) is 42.5 Å². The Hall–Kier alpha value is -2.82. The number of carbonyl (C=O) groups is 2. The van der Waals surface area contributed by atoms with Gasteiger partial charge in [-0.1, -0.05) is 23.8 Å². The average Bonchev–Trinajstić information content (AvgIpc) is 2.64. The summed E-state index contributed by atoms with van der Waals surface area (Å²) in [5.74, 6) is 0.452. The molecule has 5 nitrogen and oxygen atoms in total. The second kappa shape index (κ2) is 7.60. The second-order valence-corrected chi connectivity index (χ2v) is 6.58. The fourth-order valence-corrected chi connectivity index (χ4v) is 3.15. The van der Waals surface area contributed by atoms with Crippen LogP contribution in [0.3, 0.4) is 0 Å². The maximum atomic E-state index is 12.9. The summed E-state index contributed by atoms with van der Waals surface area (Å²) in [5.41, 5.74) is 2.56. The first-order valence-electron chi connectivity index (χ1n) is 8.90. The molecule has 3 rings (SSSR count). The van der Waals surface area contributed by atoms with E-state index in [4.69, 9.17) is 4.74 Å². The molecule has 0 aromatic heterocycles. The van der Waals surface area contributed by atoms with E-state index in [1.54, 1.807) is 28.0 Å². The molecule has 136 valence electrons. The van der Waals surface area contributed by atoms with Crippen LogP contribution >= 0.6 is 0 Å². The normalized spacial score (nSPS) is 17.3. The minimum atomic E-state index is -0.143. The predicted molar refractivity (Wildman–Crippen MR) is 102 cm³/mol. The van der Waals surface area contributed by atoms with Crippen molar-refractivity contribution < 1.29 is 14.3 Å². The highest BCUT2D eigenvalue weighted by atomic mass is 16.5. The monoisotopic (exact) mass is 352 g/mol.